The molecule has 0 spiro atoms. The number of furan rings is 2. The minimum atomic E-state index is 0.681. The third-order valence-corrected chi connectivity index (χ3v) is 1.29. The quantitative estimate of drug-likeness (QED) is 0.713. The van der Waals surface area contributed by atoms with Gasteiger partial charge in [0.05, 0.1) is 12.5 Å². The topological polar surface area (TPSA) is 38.3 Å². The molecule has 0 aliphatic carbocycles. The van der Waals surface area contributed by atoms with E-state index in [-0.39, 0.29) is 0 Å². The molecule has 0 amide bonds. The standard InChI is InChI=1S/C8H7NO2/c1-3-7(10-5-1)9-8-4-2-6-11-8/h1-6,9H. The van der Waals surface area contributed by atoms with E-state index in [0.29, 0.717) is 11.8 Å². The summed E-state index contributed by atoms with van der Waals surface area (Å²) in [6.07, 6.45) is 3.20. The molecular weight excluding hydrogens is 142 g/mol. The maximum absolute atomic E-state index is 5.04. The Kier molecular flexibility index (Phi) is 1.41. The van der Waals surface area contributed by atoms with Crippen molar-refractivity contribution in [2.24, 2.45) is 0 Å². The molecule has 0 fully saturated rings. The Balaban J connectivity index is 2.14. The zero-order valence-electron chi connectivity index (χ0n) is 5.78. The summed E-state index contributed by atoms with van der Waals surface area (Å²) in [4.78, 5) is 0. The molecule has 0 atom stereocenters. The molecule has 0 saturated heterocycles. The molecule has 1 N–H and O–H groups in total. The molecular formula is C8H7NO2. The van der Waals surface area contributed by atoms with Gasteiger partial charge in [-0.2, -0.15) is 0 Å². The minimum absolute atomic E-state index is 0.681. The molecule has 0 saturated carbocycles. The van der Waals surface area contributed by atoms with E-state index in [4.69, 9.17) is 8.83 Å². The number of hydrogen-bond donors (Lipinski definition) is 1. The van der Waals surface area contributed by atoms with Gasteiger partial charge in [0.2, 0.25) is 0 Å². The van der Waals surface area contributed by atoms with Gasteiger partial charge in [-0.15, -0.1) is 0 Å². The Morgan fingerprint density at radius 3 is 1.82 bits per heavy atom. The van der Waals surface area contributed by atoms with Gasteiger partial charge in [-0.25, -0.2) is 0 Å². The first kappa shape index (κ1) is 6.09. The molecule has 0 radical (unpaired) electrons. The average Bonchev–Trinajstić information content (AvgIpc) is 2.60. The predicted molar refractivity (Wildman–Crippen MR) is 40.7 cm³/mol. The molecule has 0 bridgehead atoms. The Morgan fingerprint density at radius 1 is 0.909 bits per heavy atom. The molecule has 3 heteroatoms. The number of nitrogens with one attached hydrogen (secondary N) is 1. The van der Waals surface area contributed by atoms with Gasteiger partial charge in [0, 0.05) is 12.1 Å². The zero-order chi connectivity index (χ0) is 7.52. The van der Waals surface area contributed by atoms with E-state index in [1.54, 1.807) is 12.5 Å². The lowest BCUT2D eigenvalue weighted by Gasteiger charge is -1.94. The third kappa shape index (κ3) is 1.26. The van der Waals surface area contributed by atoms with Gasteiger partial charge in [-0.05, 0) is 12.1 Å². The van der Waals surface area contributed by atoms with Crippen molar-refractivity contribution in [1.29, 1.82) is 0 Å². The highest BCUT2D eigenvalue weighted by Crippen LogP contribution is 2.15. The highest BCUT2D eigenvalue weighted by atomic mass is 16.4. The second-order valence-corrected chi connectivity index (χ2v) is 2.08. The normalized spacial score (nSPS) is 9.82. The maximum Gasteiger partial charge on any atom is 0.199 e. The first-order valence-electron chi connectivity index (χ1n) is 3.29. The Morgan fingerprint density at radius 2 is 1.45 bits per heavy atom. The van der Waals surface area contributed by atoms with Crippen LogP contribution >= 0.6 is 0 Å². The van der Waals surface area contributed by atoms with Crippen molar-refractivity contribution in [3.63, 3.8) is 0 Å². The molecule has 11 heavy (non-hydrogen) atoms. The van der Waals surface area contributed by atoms with Crippen LogP contribution in [0.5, 0.6) is 0 Å². The molecule has 56 valence electrons. The number of hydrogen-bond acceptors (Lipinski definition) is 3. The van der Waals surface area contributed by atoms with Gasteiger partial charge >= 0.3 is 0 Å². The van der Waals surface area contributed by atoms with Crippen molar-refractivity contribution in [2.75, 3.05) is 5.32 Å². The summed E-state index contributed by atoms with van der Waals surface area (Å²) in [7, 11) is 0. The van der Waals surface area contributed by atoms with Gasteiger partial charge in [0.25, 0.3) is 0 Å². The molecule has 0 aromatic carbocycles. The van der Waals surface area contributed by atoms with Crippen molar-refractivity contribution >= 4 is 11.8 Å². The van der Waals surface area contributed by atoms with Crippen LogP contribution < -0.4 is 5.32 Å². The number of rotatable bonds is 2. The summed E-state index contributed by atoms with van der Waals surface area (Å²) in [5.74, 6) is 1.36. The molecule has 2 rings (SSSR count). The maximum atomic E-state index is 5.04. The van der Waals surface area contributed by atoms with Crippen LogP contribution in [-0.2, 0) is 0 Å². The highest BCUT2D eigenvalue weighted by Gasteiger charge is 1.96. The predicted octanol–water partition coefficient (Wildman–Crippen LogP) is 2.62. The van der Waals surface area contributed by atoms with Crippen molar-refractivity contribution in [3.05, 3.63) is 36.8 Å². The molecule has 2 aromatic rings. The Bertz CT molecular complexity index is 264. The molecule has 2 aromatic heterocycles. The van der Waals surface area contributed by atoms with E-state index < -0.39 is 0 Å². The number of anilines is 2. The van der Waals surface area contributed by atoms with Crippen molar-refractivity contribution in [2.45, 2.75) is 0 Å². The van der Waals surface area contributed by atoms with Gasteiger partial charge in [-0.1, -0.05) is 0 Å². The van der Waals surface area contributed by atoms with E-state index in [0.717, 1.165) is 0 Å². The summed E-state index contributed by atoms with van der Waals surface area (Å²) < 4.78 is 10.1. The minimum Gasteiger partial charge on any atom is -0.449 e. The Labute approximate surface area is 63.6 Å². The summed E-state index contributed by atoms with van der Waals surface area (Å²) in [5, 5.41) is 2.93. The lowest BCUT2D eigenvalue weighted by atomic mass is 10.6. The summed E-state index contributed by atoms with van der Waals surface area (Å²) in [6.45, 7) is 0. The van der Waals surface area contributed by atoms with Crippen molar-refractivity contribution in [1.82, 2.24) is 0 Å². The third-order valence-electron chi connectivity index (χ3n) is 1.29. The first-order valence-corrected chi connectivity index (χ1v) is 3.29. The van der Waals surface area contributed by atoms with E-state index in [9.17, 15) is 0 Å². The van der Waals surface area contributed by atoms with Crippen LogP contribution in [0.1, 0.15) is 0 Å². The fourth-order valence-corrected chi connectivity index (χ4v) is 0.821. The van der Waals surface area contributed by atoms with E-state index in [1.807, 2.05) is 24.3 Å². The molecule has 2 heterocycles. The fraction of sp³-hybridized carbons (Fsp3) is 0. The first-order chi connectivity index (χ1) is 5.45. The van der Waals surface area contributed by atoms with Crippen LogP contribution in [0.15, 0.2) is 45.6 Å². The molecule has 3 nitrogen and oxygen atoms in total. The second-order valence-electron chi connectivity index (χ2n) is 2.08. The van der Waals surface area contributed by atoms with Crippen LogP contribution in [0.3, 0.4) is 0 Å². The fourth-order valence-electron chi connectivity index (χ4n) is 0.821. The lowest BCUT2D eigenvalue weighted by Crippen LogP contribution is -1.83. The van der Waals surface area contributed by atoms with Gasteiger partial charge in [-0.3, -0.25) is 5.32 Å². The van der Waals surface area contributed by atoms with Gasteiger partial charge in [0.15, 0.2) is 11.8 Å². The summed E-state index contributed by atoms with van der Waals surface area (Å²) in [6, 6.07) is 7.27. The van der Waals surface area contributed by atoms with E-state index in [2.05, 4.69) is 5.32 Å². The highest BCUT2D eigenvalue weighted by molar-refractivity contribution is 5.46. The van der Waals surface area contributed by atoms with Crippen LogP contribution in [0.25, 0.3) is 0 Å². The smallest absolute Gasteiger partial charge is 0.199 e. The molecule has 0 aliphatic heterocycles. The van der Waals surface area contributed by atoms with Gasteiger partial charge in [0.1, 0.15) is 0 Å². The summed E-state index contributed by atoms with van der Waals surface area (Å²) in [5.41, 5.74) is 0. The van der Waals surface area contributed by atoms with Crippen LogP contribution in [0.2, 0.25) is 0 Å². The monoisotopic (exact) mass is 149 g/mol. The van der Waals surface area contributed by atoms with Gasteiger partial charge < -0.3 is 8.83 Å². The van der Waals surface area contributed by atoms with Crippen LogP contribution in [0, 0.1) is 0 Å². The SMILES string of the molecule is c1coc(Nc2ccco2)c1. The van der Waals surface area contributed by atoms with Crippen molar-refractivity contribution < 1.29 is 8.83 Å². The second kappa shape index (κ2) is 2.54. The van der Waals surface area contributed by atoms with Crippen LogP contribution in [-0.4, -0.2) is 0 Å². The van der Waals surface area contributed by atoms with E-state index >= 15 is 0 Å². The zero-order valence-corrected chi connectivity index (χ0v) is 5.78. The molecule has 0 aliphatic rings. The Hall–Kier alpha value is -1.64. The summed E-state index contributed by atoms with van der Waals surface area (Å²) >= 11 is 0. The average molecular weight is 149 g/mol. The van der Waals surface area contributed by atoms with Crippen LogP contribution in [0.4, 0.5) is 11.8 Å². The largest absolute Gasteiger partial charge is 0.449 e. The lowest BCUT2D eigenvalue weighted by molar-refractivity contribution is 0.559. The van der Waals surface area contributed by atoms with Crippen molar-refractivity contribution in [3.8, 4) is 0 Å². The molecule has 0 unspecified atom stereocenters. The van der Waals surface area contributed by atoms with E-state index in [1.165, 1.54) is 0 Å².